The molecule has 8 heteroatoms. The first-order valence-electron chi connectivity index (χ1n) is 42.8. The molecule has 8 nitrogen and oxygen atoms in total. The van der Waals surface area contributed by atoms with Crippen molar-refractivity contribution in [3.05, 3.63) is 266 Å². The van der Waals surface area contributed by atoms with Crippen LogP contribution in [-0.2, 0) is 21.7 Å². The van der Waals surface area contributed by atoms with Crippen LogP contribution in [-0.4, -0.2) is 40.9 Å². The predicted octanol–water partition coefficient (Wildman–Crippen LogP) is 28.6. The van der Waals surface area contributed by atoms with Crippen LogP contribution < -0.4 is 0 Å². The first kappa shape index (κ1) is 91.9. The Labute approximate surface area is 695 Å². The number of phenols is 8. The second-order valence-electron chi connectivity index (χ2n) is 40.1. The molecule has 0 aromatic heterocycles. The van der Waals surface area contributed by atoms with Crippen molar-refractivity contribution >= 4 is 0 Å². The van der Waals surface area contributed by atoms with Crippen LogP contribution >= 0.6 is 0 Å². The van der Waals surface area contributed by atoms with Crippen molar-refractivity contribution in [3.63, 3.8) is 0 Å². The highest BCUT2D eigenvalue weighted by Gasteiger charge is 2.40. The Morgan fingerprint density at radius 3 is 0.878 bits per heavy atom. The van der Waals surface area contributed by atoms with E-state index in [0.29, 0.717) is 81.5 Å². The van der Waals surface area contributed by atoms with Crippen molar-refractivity contribution in [2.45, 2.75) is 311 Å². The second-order valence-corrected chi connectivity index (χ2v) is 40.1. The molecule has 11 rings (SSSR count). The summed E-state index contributed by atoms with van der Waals surface area (Å²) in [7, 11) is 0. The van der Waals surface area contributed by atoms with Gasteiger partial charge in [0.1, 0.15) is 46.0 Å². The van der Waals surface area contributed by atoms with Crippen LogP contribution in [0, 0.1) is 119 Å². The van der Waals surface area contributed by atoms with Gasteiger partial charge in [0.05, 0.1) is 0 Å². The molecule has 3 aliphatic carbocycles. The standard InChI is InChI=1S/C31H44O2.C26H38O2.2C25H32O2/c1-18-11-12-22(21(4)13-18)27(23-14-19(2)16-25(28(23)32)30(5,6)7)24-15-20(3)17-26(29(24)33)31(8,9)10;1-10-11-18(19-14-21(25(4,5)6)23(27)12-16(19)2)20-15-22(26(7,8)9)24(28)13-17(20)3;1-14-7-15(2)11-20(10-14)23(21-12-16(3)8-18(5)24(21)26)22-13-17(4)9-19(6)25(22)27;1-14-7-8-20(17(4)9-14)23(21-12-15(2)10-18(5)24(21)26)22-13-16(3)11-19(6)25(22)27/h13-17,21-22,27,32-33H,11-12H2,1-10H3;12-15,18,27-28H,10-11H2,1-9H3;7-9,12-14,20,23,26-27H,10-11H2,1-6H3;9-13,17,20,23,26-27H,7-8H2,1-6H3. The number of phenolic OH excluding ortho intramolecular Hbond substituents is 8. The highest BCUT2D eigenvalue weighted by molar-refractivity contribution is 5.60. The zero-order valence-corrected chi connectivity index (χ0v) is 76.5. The lowest BCUT2D eigenvalue weighted by Crippen LogP contribution is -2.25. The van der Waals surface area contributed by atoms with Crippen LogP contribution in [0.3, 0.4) is 0 Å². The van der Waals surface area contributed by atoms with E-state index < -0.39 is 0 Å². The van der Waals surface area contributed by atoms with E-state index in [1.54, 1.807) is 0 Å². The Bertz CT molecular complexity index is 4670. The van der Waals surface area contributed by atoms with Gasteiger partial charge in [-0.25, -0.2) is 0 Å². The molecule has 0 spiro atoms. The fraction of sp³-hybridized carbons (Fsp3) is 0.495. The number of allylic oxidation sites excluding steroid dienone is 6. The number of aromatic hydroxyl groups is 8. The van der Waals surface area contributed by atoms with Gasteiger partial charge in [0, 0.05) is 57.1 Å². The summed E-state index contributed by atoms with van der Waals surface area (Å²) < 4.78 is 0. The van der Waals surface area contributed by atoms with Crippen molar-refractivity contribution in [3.8, 4) is 46.0 Å². The Morgan fingerprint density at radius 2 is 0.600 bits per heavy atom. The SMILES string of the molecule is CC1=CC(C)C(C(c2cc(C)cc(C(C)(C)C)c2O)c2cc(C)cc(C(C)(C)C)c2O)CC1.CC1=CC(C)C(C(c2cc(C)cc(C)c2O)c2cc(C)cc(C)c2O)CC1.CC1=CC(C)CC(C(c2cc(C)cc(C)c2O)c2cc(C)cc(C)c2O)C1.CCCC(c1cc(C(C)(C)C)c(O)cc1C)c1cc(C(C)(C)C)c(O)cc1C. The smallest absolute Gasteiger partial charge is 0.123 e. The number of hydrogen-bond acceptors (Lipinski definition) is 8. The van der Waals surface area contributed by atoms with Crippen LogP contribution in [0.15, 0.2) is 132 Å². The average Bonchev–Trinajstić information content (AvgIpc) is 0.764. The van der Waals surface area contributed by atoms with E-state index >= 15 is 0 Å². The Hall–Kier alpha value is -8.62. The topological polar surface area (TPSA) is 162 Å². The molecule has 6 atom stereocenters. The molecule has 8 aromatic carbocycles. The van der Waals surface area contributed by atoms with Crippen molar-refractivity contribution in [1.29, 1.82) is 0 Å². The van der Waals surface area contributed by atoms with Crippen molar-refractivity contribution in [2.24, 2.45) is 35.5 Å². The second kappa shape index (κ2) is 36.5. The zero-order chi connectivity index (χ0) is 86.1. The van der Waals surface area contributed by atoms with Crippen molar-refractivity contribution < 1.29 is 40.9 Å². The van der Waals surface area contributed by atoms with E-state index in [-0.39, 0.29) is 45.3 Å². The maximum atomic E-state index is 11.6. The summed E-state index contributed by atoms with van der Waals surface area (Å²) in [4.78, 5) is 0. The van der Waals surface area contributed by atoms with Gasteiger partial charge in [-0.15, -0.1) is 0 Å². The van der Waals surface area contributed by atoms with Crippen LogP contribution in [0.1, 0.15) is 340 Å². The summed E-state index contributed by atoms with van der Waals surface area (Å²) in [5.41, 5.74) is 28.5. The van der Waals surface area contributed by atoms with Crippen LogP contribution in [0.25, 0.3) is 0 Å². The van der Waals surface area contributed by atoms with E-state index in [2.05, 4.69) is 266 Å². The van der Waals surface area contributed by atoms with Gasteiger partial charge in [-0.05, 0) is 285 Å². The van der Waals surface area contributed by atoms with Crippen LogP contribution in [0.5, 0.6) is 46.0 Å². The minimum atomic E-state index is -0.171. The van der Waals surface area contributed by atoms with E-state index in [1.165, 1.54) is 27.8 Å². The maximum Gasteiger partial charge on any atom is 0.123 e. The first-order chi connectivity index (χ1) is 53.2. The number of rotatable bonds is 13. The summed E-state index contributed by atoms with van der Waals surface area (Å²) in [6.45, 7) is 65.9. The lowest BCUT2D eigenvalue weighted by Gasteiger charge is -2.37. The van der Waals surface area contributed by atoms with Gasteiger partial charge in [-0.3, -0.25) is 0 Å². The normalized spacial score (nSPS) is 18.1. The number of benzene rings is 8. The molecule has 0 aliphatic heterocycles. The molecule has 6 unspecified atom stereocenters. The molecule has 0 amide bonds. The average molecular weight is 1560 g/mol. The highest BCUT2D eigenvalue weighted by atomic mass is 16.3. The van der Waals surface area contributed by atoms with Gasteiger partial charge in [-0.2, -0.15) is 0 Å². The Balaban J connectivity index is 0.000000192. The maximum absolute atomic E-state index is 11.6. The van der Waals surface area contributed by atoms with Gasteiger partial charge in [0.25, 0.3) is 0 Å². The summed E-state index contributed by atoms with van der Waals surface area (Å²) in [5.74, 6) is 5.35. The molecular formula is C107H146O8. The molecule has 0 saturated carbocycles. The highest BCUT2D eigenvalue weighted by Crippen LogP contribution is 2.55. The van der Waals surface area contributed by atoms with Crippen molar-refractivity contribution in [2.75, 3.05) is 0 Å². The molecule has 8 N–H and O–H groups in total. The lowest BCUT2D eigenvalue weighted by atomic mass is 9.67. The quantitative estimate of drug-likeness (QED) is 0.0529. The largest absolute Gasteiger partial charge is 0.508 e. The lowest BCUT2D eigenvalue weighted by molar-refractivity contribution is 0.318. The molecule has 3 aliphatic rings. The number of hydrogen-bond donors (Lipinski definition) is 8. The summed E-state index contributed by atoms with van der Waals surface area (Å²) in [5, 5.41) is 88.2. The molecule has 0 saturated heterocycles. The molecule has 0 fully saturated rings. The van der Waals surface area contributed by atoms with Crippen LogP contribution in [0.4, 0.5) is 0 Å². The summed E-state index contributed by atoms with van der Waals surface area (Å²) in [6, 6.07) is 33.2. The fourth-order valence-corrected chi connectivity index (χ4v) is 19.6. The predicted molar refractivity (Wildman–Crippen MR) is 486 cm³/mol. The van der Waals surface area contributed by atoms with Crippen molar-refractivity contribution in [1.82, 2.24) is 0 Å². The van der Waals surface area contributed by atoms with E-state index in [1.807, 2.05) is 64.1 Å². The first-order valence-corrected chi connectivity index (χ1v) is 42.8. The summed E-state index contributed by atoms with van der Waals surface area (Å²) in [6.07, 6.45) is 15.5. The molecule has 622 valence electrons. The third-order valence-electron chi connectivity index (χ3n) is 25.1. The van der Waals surface area contributed by atoms with Gasteiger partial charge >= 0.3 is 0 Å². The van der Waals surface area contributed by atoms with Gasteiger partial charge < -0.3 is 40.9 Å². The molecule has 0 radical (unpaired) electrons. The van der Waals surface area contributed by atoms with Gasteiger partial charge in [0.2, 0.25) is 0 Å². The molecule has 0 heterocycles. The molecule has 8 aromatic rings. The van der Waals surface area contributed by atoms with E-state index in [0.717, 1.165) is 174 Å². The van der Waals surface area contributed by atoms with E-state index in [9.17, 15) is 40.9 Å². The van der Waals surface area contributed by atoms with Gasteiger partial charge in [0.15, 0.2) is 0 Å². The third kappa shape index (κ3) is 21.6. The number of aryl methyl sites for hydroxylation is 12. The van der Waals surface area contributed by atoms with Crippen LogP contribution in [0.2, 0.25) is 0 Å². The Kier molecular flexibility index (Phi) is 29.2. The zero-order valence-electron chi connectivity index (χ0n) is 76.5. The minimum absolute atomic E-state index is 0.0201. The summed E-state index contributed by atoms with van der Waals surface area (Å²) >= 11 is 0. The van der Waals surface area contributed by atoms with Gasteiger partial charge in [-0.1, -0.05) is 270 Å². The molecular weight excluding hydrogens is 1410 g/mol. The van der Waals surface area contributed by atoms with E-state index in [4.69, 9.17) is 0 Å². The molecule has 115 heavy (non-hydrogen) atoms. The fourth-order valence-electron chi connectivity index (χ4n) is 19.6. The minimum Gasteiger partial charge on any atom is -0.508 e. The molecule has 0 bridgehead atoms. The monoisotopic (exact) mass is 1560 g/mol. The third-order valence-corrected chi connectivity index (χ3v) is 25.1. The Morgan fingerprint density at radius 1 is 0.313 bits per heavy atom.